The van der Waals surface area contributed by atoms with Crippen LogP contribution in [0.15, 0.2) is 46.9 Å². The van der Waals surface area contributed by atoms with Crippen molar-refractivity contribution >= 4 is 29.2 Å². The molecule has 1 N–H and O–H groups in total. The van der Waals surface area contributed by atoms with Gasteiger partial charge in [0.2, 0.25) is 5.91 Å². The van der Waals surface area contributed by atoms with Crippen LogP contribution in [-0.4, -0.2) is 23.9 Å². The van der Waals surface area contributed by atoms with Crippen LogP contribution in [0.4, 0.5) is 17.3 Å². The number of rotatable bonds is 5. The third-order valence-electron chi connectivity index (χ3n) is 4.48. The fourth-order valence-corrected chi connectivity index (χ4v) is 2.89. The molecule has 0 aliphatic carbocycles. The number of hydrogen-bond donors (Lipinski definition) is 1. The molecule has 1 saturated heterocycles. The molecule has 1 aromatic carbocycles. The predicted octanol–water partition coefficient (Wildman–Crippen LogP) is 4.08. The molecule has 1 amide bonds. The zero-order chi connectivity index (χ0) is 18.5. The van der Waals surface area contributed by atoms with E-state index in [0.29, 0.717) is 5.69 Å². The summed E-state index contributed by atoms with van der Waals surface area (Å²) in [5.74, 6) is 0.352. The Hall–Kier alpha value is -3.09. The van der Waals surface area contributed by atoms with Crippen molar-refractivity contribution in [3.63, 3.8) is 0 Å². The van der Waals surface area contributed by atoms with E-state index in [-0.39, 0.29) is 17.6 Å². The molecule has 7 nitrogen and oxygen atoms in total. The highest BCUT2D eigenvalue weighted by Gasteiger charge is 2.16. The second-order valence-electron chi connectivity index (χ2n) is 6.47. The lowest BCUT2D eigenvalue weighted by molar-refractivity contribution is -0.402. The van der Waals surface area contributed by atoms with Gasteiger partial charge in [-0.1, -0.05) is 6.92 Å². The molecule has 0 spiro atoms. The first-order valence-corrected chi connectivity index (χ1v) is 8.59. The number of furan rings is 1. The van der Waals surface area contributed by atoms with Gasteiger partial charge in [-0.3, -0.25) is 14.9 Å². The first kappa shape index (κ1) is 17.7. The van der Waals surface area contributed by atoms with E-state index >= 15 is 0 Å². The van der Waals surface area contributed by atoms with E-state index in [0.717, 1.165) is 24.7 Å². The van der Waals surface area contributed by atoms with E-state index < -0.39 is 4.92 Å². The molecule has 0 bridgehead atoms. The quantitative estimate of drug-likeness (QED) is 0.496. The van der Waals surface area contributed by atoms with Crippen LogP contribution in [0.1, 0.15) is 25.5 Å². The minimum Gasteiger partial charge on any atom is -0.401 e. The Labute approximate surface area is 151 Å². The Morgan fingerprint density at radius 1 is 1.23 bits per heavy atom. The molecule has 1 fully saturated rings. The summed E-state index contributed by atoms with van der Waals surface area (Å²) in [5, 5.41) is 13.3. The number of nitrogens with one attached hydrogen (secondary N) is 1. The standard InChI is InChI=1S/C19H21N3O4/c1-14-10-12-21(13-11-14)16-4-2-15(3-5-16)20-18(23)8-6-17-7-9-19(26-17)22(24)25/h2-9,14H,10-13H2,1H3,(H,20,23)/b8-6+. The summed E-state index contributed by atoms with van der Waals surface area (Å²) in [4.78, 5) is 24.3. The molecule has 2 heterocycles. The minimum atomic E-state index is -0.623. The molecular formula is C19H21N3O4. The van der Waals surface area contributed by atoms with Crippen LogP contribution in [0.2, 0.25) is 0 Å². The molecule has 0 atom stereocenters. The van der Waals surface area contributed by atoms with Crippen molar-refractivity contribution in [1.82, 2.24) is 0 Å². The molecule has 1 aromatic heterocycles. The van der Waals surface area contributed by atoms with Crippen molar-refractivity contribution in [1.29, 1.82) is 0 Å². The Bertz CT molecular complexity index is 802. The molecule has 0 radical (unpaired) electrons. The van der Waals surface area contributed by atoms with Crippen molar-refractivity contribution < 1.29 is 14.1 Å². The van der Waals surface area contributed by atoms with Crippen molar-refractivity contribution in [2.75, 3.05) is 23.3 Å². The molecule has 26 heavy (non-hydrogen) atoms. The maximum atomic E-state index is 12.0. The van der Waals surface area contributed by atoms with Crippen molar-refractivity contribution in [2.24, 2.45) is 5.92 Å². The molecule has 3 rings (SSSR count). The van der Waals surface area contributed by atoms with Crippen LogP contribution in [-0.2, 0) is 4.79 Å². The normalized spacial score (nSPS) is 15.3. The number of piperidine rings is 1. The number of benzene rings is 1. The number of hydrogen-bond acceptors (Lipinski definition) is 5. The molecular weight excluding hydrogens is 334 g/mol. The van der Waals surface area contributed by atoms with Crippen molar-refractivity contribution in [3.05, 3.63) is 58.3 Å². The Morgan fingerprint density at radius 2 is 1.92 bits per heavy atom. The Balaban J connectivity index is 1.55. The summed E-state index contributed by atoms with van der Waals surface area (Å²) in [5.41, 5.74) is 1.85. The number of carbonyl (C=O) groups excluding carboxylic acids is 1. The number of carbonyl (C=O) groups is 1. The predicted molar refractivity (Wildman–Crippen MR) is 100 cm³/mol. The van der Waals surface area contributed by atoms with E-state index in [2.05, 4.69) is 17.1 Å². The van der Waals surface area contributed by atoms with Gasteiger partial charge in [-0.2, -0.15) is 0 Å². The average Bonchev–Trinajstić information content (AvgIpc) is 3.11. The summed E-state index contributed by atoms with van der Waals surface area (Å²) in [6.45, 7) is 4.40. The fourth-order valence-electron chi connectivity index (χ4n) is 2.89. The minimum absolute atomic E-state index is 0.251. The van der Waals surface area contributed by atoms with Crippen LogP contribution in [0.5, 0.6) is 0 Å². The third kappa shape index (κ3) is 4.50. The maximum absolute atomic E-state index is 12.0. The lowest BCUT2D eigenvalue weighted by Gasteiger charge is -2.32. The van der Waals surface area contributed by atoms with Gasteiger partial charge in [0.15, 0.2) is 0 Å². The summed E-state index contributed by atoms with van der Waals surface area (Å²) in [6.07, 6.45) is 5.08. The van der Waals surface area contributed by atoms with Gasteiger partial charge in [-0.15, -0.1) is 0 Å². The first-order valence-electron chi connectivity index (χ1n) is 8.59. The zero-order valence-electron chi connectivity index (χ0n) is 14.6. The molecule has 7 heteroatoms. The molecule has 0 unspecified atom stereocenters. The van der Waals surface area contributed by atoms with E-state index in [1.54, 1.807) is 0 Å². The smallest absolute Gasteiger partial charge is 0.401 e. The zero-order valence-corrected chi connectivity index (χ0v) is 14.6. The molecule has 136 valence electrons. The summed E-state index contributed by atoms with van der Waals surface area (Å²) in [7, 11) is 0. The first-order chi connectivity index (χ1) is 12.5. The van der Waals surface area contributed by atoms with E-state index in [1.807, 2.05) is 24.3 Å². The SMILES string of the molecule is CC1CCN(c2ccc(NC(=O)/C=C/c3ccc([N+](=O)[O-])o3)cc2)CC1. The third-order valence-corrected chi connectivity index (χ3v) is 4.48. The highest BCUT2D eigenvalue weighted by molar-refractivity contribution is 6.01. The Kier molecular flexibility index (Phi) is 5.36. The molecule has 0 saturated carbocycles. The lowest BCUT2D eigenvalue weighted by atomic mass is 9.99. The number of amides is 1. The van der Waals surface area contributed by atoms with Gasteiger partial charge in [-0.05, 0) is 55.2 Å². The van der Waals surface area contributed by atoms with Gasteiger partial charge in [0.25, 0.3) is 0 Å². The number of nitrogens with zero attached hydrogens (tertiary/aromatic N) is 2. The Morgan fingerprint density at radius 3 is 2.54 bits per heavy atom. The monoisotopic (exact) mass is 355 g/mol. The number of nitro groups is 1. The van der Waals surface area contributed by atoms with Crippen LogP contribution in [0, 0.1) is 16.0 Å². The summed E-state index contributed by atoms with van der Waals surface area (Å²) in [6, 6.07) is 10.4. The van der Waals surface area contributed by atoms with Gasteiger partial charge in [0, 0.05) is 30.5 Å². The molecule has 1 aliphatic rings. The van der Waals surface area contributed by atoms with Gasteiger partial charge in [-0.25, -0.2) is 0 Å². The van der Waals surface area contributed by atoms with Crippen molar-refractivity contribution in [2.45, 2.75) is 19.8 Å². The lowest BCUT2D eigenvalue weighted by Crippen LogP contribution is -2.32. The van der Waals surface area contributed by atoms with Crippen LogP contribution >= 0.6 is 0 Å². The van der Waals surface area contributed by atoms with Crippen LogP contribution in [0.25, 0.3) is 6.08 Å². The summed E-state index contributed by atoms with van der Waals surface area (Å²) >= 11 is 0. The van der Waals surface area contributed by atoms with E-state index in [4.69, 9.17) is 4.42 Å². The number of anilines is 2. The van der Waals surface area contributed by atoms with Gasteiger partial charge in [0.05, 0.1) is 6.07 Å². The molecule has 1 aliphatic heterocycles. The second-order valence-corrected chi connectivity index (χ2v) is 6.47. The highest BCUT2D eigenvalue weighted by atomic mass is 16.6. The van der Waals surface area contributed by atoms with Gasteiger partial charge in [0.1, 0.15) is 10.7 Å². The fraction of sp³-hybridized carbons (Fsp3) is 0.316. The van der Waals surface area contributed by atoms with E-state index in [9.17, 15) is 14.9 Å². The van der Waals surface area contributed by atoms with Crippen LogP contribution < -0.4 is 10.2 Å². The summed E-state index contributed by atoms with van der Waals surface area (Å²) < 4.78 is 4.96. The largest absolute Gasteiger partial charge is 0.433 e. The van der Waals surface area contributed by atoms with E-state index in [1.165, 1.54) is 37.1 Å². The van der Waals surface area contributed by atoms with Gasteiger partial charge >= 0.3 is 5.88 Å². The topological polar surface area (TPSA) is 88.6 Å². The van der Waals surface area contributed by atoms with Crippen molar-refractivity contribution in [3.8, 4) is 0 Å². The highest BCUT2D eigenvalue weighted by Crippen LogP contribution is 2.24. The second kappa shape index (κ2) is 7.86. The average molecular weight is 355 g/mol. The molecule has 2 aromatic rings. The maximum Gasteiger partial charge on any atom is 0.433 e. The van der Waals surface area contributed by atoms with Gasteiger partial charge < -0.3 is 14.6 Å². The van der Waals surface area contributed by atoms with Crippen LogP contribution in [0.3, 0.4) is 0 Å².